The number of anilines is 1. The number of carbonyl (C=O) groups is 1. The zero-order valence-corrected chi connectivity index (χ0v) is 15.2. The topological polar surface area (TPSA) is 46.9 Å². The highest BCUT2D eigenvalue weighted by Gasteiger charge is 2.15. The molecule has 0 fully saturated rings. The summed E-state index contributed by atoms with van der Waals surface area (Å²) >= 11 is 0. The summed E-state index contributed by atoms with van der Waals surface area (Å²) in [6.45, 7) is 4.00. The molecule has 0 spiro atoms. The summed E-state index contributed by atoms with van der Waals surface area (Å²) in [5, 5.41) is 7.59. The van der Waals surface area contributed by atoms with Crippen LogP contribution in [0.4, 0.5) is 5.69 Å². The monoisotopic (exact) mass is 345 g/mol. The van der Waals surface area contributed by atoms with Crippen LogP contribution in [0.2, 0.25) is 0 Å². The van der Waals surface area contributed by atoms with Gasteiger partial charge >= 0.3 is 0 Å². The molecule has 4 rings (SSSR count). The summed E-state index contributed by atoms with van der Waals surface area (Å²) in [5.41, 5.74) is 7.30. The number of hydrogen-bond acceptors (Lipinski definition) is 2. The molecule has 1 N–H and O–H groups in total. The number of amides is 1. The van der Waals surface area contributed by atoms with Crippen molar-refractivity contribution >= 4 is 11.6 Å². The number of benzene rings is 2. The van der Waals surface area contributed by atoms with Crippen LogP contribution in [-0.2, 0) is 12.8 Å². The van der Waals surface area contributed by atoms with Crippen LogP contribution >= 0.6 is 0 Å². The van der Waals surface area contributed by atoms with E-state index in [1.165, 1.54) is 24.0 Å². The van der Waals surface area contributed by atoms with Gasteiger partial charge in [0.1, 0.15) is 0 Å². The maximum Gasteiger partial charge on any atom is 0.255 e. The predicted octanol–water partition coefficient (Wildman–Crippen LogP) is 4.62. The number of hydrogen-bond donors (Lipinski definition) is 1. The summed E-state index contributed by atoms with van der Waals surface area (Å²) in [4.78, 5) is 12.7. The SMILES string of the molecule is Cc1cc(C)n(-c2ccc(C(=O)Nc3cccc4c3CCCC4)cc2)n1. The second-order valence-corrected chi connectivity index (χ2v) is 6.99. The van der Waals surface area contributed by atoms with Gasteiger partial charge in [-0.3, -0.25) is 4.79 Å². The average molecular weight is 345 g/mol. The first-order chi connectivity index (χ1) is 12.6. The third-order valence-electron chi connectivity index (χ3n) is 5.03. The Balaban J connectivity index is 1.55. The minimum atomic E-state index is -0.0658. The van der Waals surface area contributed by atoms with E-state index in [1.807, 2.05) is 61.0 Å². The molecule has 2 aromatic carbocycles. The van der Waals surface area contributed by atoms with E-state index in [9.17, 15) is 4.79 Å². The summed E-state index contributed by atoms with van der Waals surface area (Å²) in [6.07, 6.45) is 4.58. The van der Waals surface area contributed by atoms with Gasteiger partial charge in [0.2, 0.25) is 0 Å². The van der Waals surface area contributed by atoms with Crippen molar-refractivity contribution in [1.29, 1.82) is 0 Å². The Labute approximate surface area is 153 Å². The first-order valence-electron chi connectivity index (χ1n) is 9.17. The number of nitrogens with zero attached hydrogens (tertiary/aromatic N) is 2. The van der Waals surface area contributed by atoms with Gasteiger partial charge in [0.05, 0.1) is 11.4 Å². The molecule has 0 atom stereocenters. The lowest BCUT2D eigenvalue weighted by Crippen LogP contribution is -2.15. The van der Waals surface area contributed by atoms with E-state index >= 15 is 0 Å². The maximum absolute atomic E-state index is 12.7. The Morgan fingerprint density at radius 1 is 1.04 bits per heavy atom. The Bertz CT molecular complexity index is 954. The minimum Gasteiger partial charge on any atom is -0.322 e. The summed E-state index contributed by atoms with van der Waals surface area (Å²) in [7, 11) is 0. The van der Waals surface area contributed by atoms with Gasteiger partial charge < -0.3 is 5.32 Å². The molecule has 1 aliphatic carbocycles. The van der Waals surface area contributed by atoms with E-state index in [-0.39, 0.29) is 5.91 Å². The van der Waals surface area contributed by atoms with E-state index in [0.29, 0.717) is 5.56 Å². The Morgan fingerprint density at radius 3 is 2.54 bits per heavy atom. The molecule has 4 heteroatoms. The van der Waals surface area contributed by atoms with Crippen LogP contribution < -0.4 is 5.32 Å². The van der Waals surface area contributed by atoms with Crippen LogP contribution in [0.3, 0.4) is 0 Å². The van der Waals surface area contributed by atoms with Crippen molar-refractivity contribution in [2.45, 2.75) is 39.5 Å². The van der Waals surface area contributed by atoms with Crippen molar-refractivity contribution in [1.82, 2.24) is 9.78 Å². The summed E-state index contributed by atoms with van der Waals surface area (Å²) in [6, 6.07) is 15.8. The summed E-state index contributed by atoms with van der Waals surface area (Å²) in [5.74, 6) is -0.0658. The van der Waals surface area contributed by atoms with Crippen molar-refractivity contribution in [3.63, 3.8) is 0 Å². The third kappa shape index (κ3) is 3.15. The molecule has 1 heterocycles. The van der Waals surface area contributed by atoms with Crippen molar-refractivity contribution in [3.8, 4) is 5.69 Å². The fraction of sp³-hybridized carbons (Fsp3) is 0.273. The van der Waals surface area contributed by atoms with Gasteiger partial charge in [-0.1, -0.05) is 12.1 Å². The van der Waals surface area contributed by atoms with E-state index in [0.717, 1.165) is 35.6 Å². The number of aromatic nitrogens is 2. The van der Waals surface area contributed by atoms with Gasteiger partial charge in [-0.2, -0.15) is 5.10 Å². The van der Waals surface area contributed by atoms with Crippen LogP contribution in [0.5, 0.6) is 0 Å². The average Bonchev–Trinajstić information content (AvgIpc) is 3.00. The fourth-order valence-electron chi connectivity index (χ4n) is 3.74. The van der Waals surface area contributed by atoms with Crippen molar-refractivity contribution in [2.24, 2.45) is 0 Å². The molecule has 0 unspecified atom stereocenters. The lowest BCUT2D eigenvalue weighted by Gasteiger charge is -2.19. The standard InChI is InChI=1S/C22H23N3O/c1-15-14-16(2)25(24-15)19-12-10-18(11-13-19)22(26)23-21-9-5-7-17-6-3-4-8-20(17)21/h5,7,9-14H,3-4,6,8H2,1-2H3,(H,23,26). The number of carbonyl (C=O) groups excluding carboxylic acids is 1. The minimum absolute atomic E-state index is 0.0658. The third-order valence-corrected chi connectivity index (χ3v) is 5.03. The molecule has 3 aromatic rings. The predicted molar refractivity (Wildman–Crippen MR) is 104 cm³/mol. The van der Waals surface area contributed by atoms with Crippen LogP contribution in [-0.4, -0.2) is 15.7 Å². The molecule has 4 nitrogen and oxygen atoms in total. The van der Waals surface area contributed by atoms with Crippen LogP contribution in [0, 0.1) is 13.8 Å². The van der Waals surface area contributed by atoms with Crippen LogP contribution in [0.25, 0.3) is 5.69 Å². The summed E-state index contributed by atoms with van der Waals surface area (Å²) < 4.78 is 1.89. The molecular formula is C22H23N3O. The number of fused-ring (bicyclic) bond motifs is 1. The lowest BCUT2D eigenvalue weighted by atomic mass is 9.90. The normalized spacial score (nSPS) is 13.3. The zero-order valence-electron chi connectivity index (χ0n) is 15.2. The van der Waals surface area contributed by atoms with Gasteiger partial charge in [0.25, 0.3) is 5.91 Å². The molecule has 1 aliphatic rings. The molecule has 1 aromatic heterocycles. The molecule has 0 saturated carbocycles. The second kappa shape index (κ2) is 6.79. The first-order valence-corrected chi connectivity index (χ1v) is 9.17. The van der Waals surface area contributed by atoms with Gasteiger partial charge in [0.15, 0.2) is 0 Å². The zero-order chi connectivity index (χ0) is 18.1. The van der Waals surface area contributed by atoms with Gasteiger partial charge in [-0.25, -0.2) is 4.68 Å². The van der Waals surface area contributed by atoms with Crippen molar-refractivity contribution < 1.29 is 4.79 Å². The lowest BCUT2D eigenvalue weighted by molar-refractivity contribution is 0.102. The Hall–Kier alpha value is -2.88. The quantitative estimate of drug-likeness (QED) is 0.753. The fourth-order valence-corrected chi connectivity index (χ4v) is 3.74. The highest BCUT2D eigenvalue weighted by molar-refractivity contribution is 6.04. The van der Waals surface area contributed by atoms with E-state index < -0.39 is 0 Å². The van der Waals surface area contributed by atoms with Gasteiger partial charge in [0, 0.05) is 16.9 Å². The highest BCUT2D eigenvalue weighted by Crippen LogP contribution is 2.28. The molecule has 132 valence electrons. The van der Waals surface area contributed by atoms with Crippen molar-refractivity contribution in [3.05, 3.63) is 76.6 Å². The molecule has 0 saturated heterocycles. The molecule has 0 bridgehead atoms. The van der Waals surface area contributed by atoms with Gasteiger partial charge in [-0.15, -0.1) is 0 Å². The molecule has 0 aliphatic heterocycles. The second-order valence-electron chi connectivity index (χ2n) is 6.99. The van der Waals surface area contributed by atoms with Crippen molar-refractivity contribution in [2.75, 3.05) is 5.32 Å². The highest BCUT2D eigenvalue weighted by atomic mass is 16.1. The Morgan fingerprint density at radius 2 is 1.81 bits per heavy atom. The molecule has 26 heavy (non-hydrogen) atoms. The maximum atomic E-state index is 12.7. The number of aryl methyl sites for hydroxylation is 3. The van der Waals surface area contributed by atoms with E-state index in [4.69, 9.17) is 0 Å². The van der Waals surface area contributed by atoms with E-state index in [1.54, 1.807) is 0 Å². The number of rotatable bonds is 3. The molecular weight excluding hydrogens is 322 g/mol. The van der Waals surface area contributed by atoms with Crippen LogP contribution in [0.15, 0.2) is 48.5 Å². The molecule has 0 radical (unpaired) electrons. The van der Waals surface area contributed by atoms with E-state index in [2.05, 4.69) is 16.5 Å². The smallest absolute Gasteiger partial charge is 0.255 e. The largest absolute Gasteiger partial charge is 0.322 e. The first kappa shape index (κ1) is 16.6. The Kier molecular flexibility index (Phi) is 4.33. The number of nitrogens with one attached hydrogen (secondary N) is 1. The van der Waals surface area contributed by atoms with Crippen LogP contribution in [0.1, 0.15) is 45.7 Å². The molecule has 1 amide bonds. The van der Waals surface area contributed by atoms with Gasteiger partial charge in [-0.05, 0) is 87.1 Å².